The summed E-state index contributed by atoms with van der Waals surface area (Å²) in [7, 11) is -1.78. The van der Waals surface area contributed by atoms with Gasteiger partial charge < -0.3 is 14.3 Å². The van der Waals surface area contributed by atoms with Crippen LogP contribution in [0.1, 0.15) is 40.2 Å². The molecular weight excluding hydrogens is 316 g/mol. The predicted molar refractivity (Wildman–Crippen MR) is 100 cm³/mol. The molecule has 0 aliphatic carbocycles. The predicted octanol–water partition coefficient (Wildman–Crippen LogP) is 4.08. The maximum Gasteiger partial charge on any atom is 0.192 e. The zero-order valence-electron chi connectivity index (χ0n) is 15.9. The molecular formula is C20H30O3Si. The Bertz CT molecular complexity index is 634. The summed E-state index contributed by atoms with van der Waals surface area (Å²) < 4.78 is 12.0. The van der Waals surface area contributed by atoms with Crippen molar-refractivity contribution >= 4 is 8.32 Å². The number of ether oxygens (including phenoxy) is 1. The average Bonchev–Trinajstić information content (AvgIpc) is 3.14. The minimum Gasteiger partial charge on any atom is -0.414 e. The standard InChI is InChI=1S/C20H30O3Si/c1-18(2,3)24(6,7)22-15-17-20(5,23-17)14-13-19(4,21)16-11-9-8-10-12-16/h8-12,17,21H,15H2,1-7H3/t17-,19?,20+/m0/s1. The van der Waals surface area contributed by atoms with E-state index < -0.39 is 19.5 Å². The van der Waals surface area contributed by atoms with E-state index in [0.717, 1.165) is 5.56 Å². The molecule has 3 nitrogen and oxygen atoms in total. The van der Waals surface area contributed by atoms with Crippen LogP contribution in [0.3, 0.4) is 0 Å². The van der Waals surface area contributed by atoms with E-state index >= 15 is 0 Å². The van der Waals surface area contributed by atoms with Gasteiger partial charge in [0.05, 0.1) is 6.61 Å². The molecule has 1 N–H and O–H groups in total. The number of aliphatic hydroxyl groups is 1. The van der Waals surface area contributed by atoms with Crippen molar-refractivity contribution in [3.8, 4) is 11.8 Å². The highest BCUT2D eigenvalue weighted by Gasteiger charge is 2.53. The van der Waals surface area contributed by atoms with Gasteiger partial charge in [0.15, 0.2) is 13.9 Å². The van der Waals surface area contributed by atoms with Crippen molar-refractivity contribution in [3.63, 3.8) is 0 Å². The third-order valence-corrected chi connectivity index (χ3v) is 9.74. The minimum absolute atomic E-state index is 0.0225. The second-order valence-corrected chi connectivity index (χ2v) is 13.3. The number of hydrogen-bond donors (Lipinski definition) is 1. The lowest BCUT2D eigenvalue weighted by Crippen LogP contribution is -2.42. The Kier molecular flexibility index (Phi) is 5.05. The van der Waals surface area contributed by atoms with Crippen LogP contribution in [0.15, 0.2) is 30.3 Å². The van der Waals surface area contributed by atoms with Crippen molar-refractivity contribution in [1.82, 2.24) is 0 Å². The maximum absolute atomic E-state index is 10.6. The molecule has 1 aromatic carbocycles. The van der Waals surface area contributed by atoms with Crippen LogP contribution in [-0.4, -0.2) is 31.7 Å². The Morgan fingerprint density at radius 3 is 2.33 bits per heavy atom. The monoisotopic (exact) mass is 346 g/mol. The van der Waals surface area contributed by atoms with Crippen molar-refractivity contribution in [3.05, 3.63) is 35.9 Å². The van der Waals surface area contributed by atoms with Gasteiger partial charge in [-0.25, -0.2) is 0 Å². The third-order valence-electron chi connectivity index (χ3n) is 5.24. The van der Waals surface area contributed by atoms with Gasteiger partial charge in [-0.1, -0.05) is 62.9 Å². The molecule has 0 radical (unpaired) electrons. The van der Waals surface area contributed by atoms with Crippen molar-refractivity contribution < 1.29 is 14.3 Å². The third kappa shape index (κ3) is 4.28. The first-order valence-corrected chi connectivity index (χ1v) is 11.4. The molecule has 0 bridgehead atoms. The first kappa shape index (κ1) is 19.2. The highest BCUT2D eigenvalue weighted by atomic mass is 28.4. The lowest BCUT2D eigenvalue weighted by molar-refractivity contribution is 0.122. The fourth-order valence-electron chi connectivity index (χ4n) is 2.15. The molecule has 3 atom stereocenters. The Morgan fingerprint density at radius 1 is 1.21 bits per heavy atom. The molecule has 1 saturated heterocycles. The summed E-state index contributed by atoms with van der Waals surface area (Å²) in [4.78, 5) is 0. The number of hydrogen-bond acceptors (Lipinski definition) is 3. The molecule has 1 aliphatic rings. The zero-order valence-corrected chi connectivity index (χ0v) is 16.9. The van der Waals surface area contributed by atoms with E-state index in [2.05, 4.69) is 45.7 Å². The van der Waals surface area contributed by atoms with Crippen molar-refractivity contribution in [1.29, 1.82) is 0 Å². The summed E-state index contributed by atoms with van der Waals surface area (Å²) in [6.07, 6.45) is -0.0225. The van der Waals surface area contributed by atoms with Crippen LogP contribution in [-0.2, 0) is 14.8 Å². The number of rotatable bonds is 4. The van der Waals surface area contributed by atoms with Gasteiger partial charge in [0.2, 0.25) is 0 Å². The van der Waals surface area contributed by atoms with Crippen LogP contribution < -0.4 is 0 Å². The number of epoxide rings is 1. The van der Waals surface area contributed by atoms with Gasteiger partial charge in [0.25, 0.3) is 0 Å². The van der Waals surface area contributed by atoms with Crippen LogP contribution in [0.4, 0.5) is 0 Å². The van der Waals surface area contributed by atoms with Gasteiger partial charge >= 0.3 is 0 Å². The summed E-state index contributed by atoms with van der Waals surface area (Å²) in [5, 5.41) is 10.8. The highest BCUT2D eigenvalue weighted by Crippen LogP contribution is 2.40. The lowest BCUT2D eigenvalue weighted by atomic mass is 9.95. The second-order valence-electron chi connectivity index (χ2n) is 8.47. The lowest BCUT2D eigenvalue weighted by Gasteiger charge is -2.36. The van der Waals surface area contributed by atoms with E-state index in [-0.39, 0.29) is 11.1 Å². The molecule has 1 unspecified atom stereocenters. The molecule has 24 heavy (non-hydrogen) atoms. The van der Waals surface area contributed by atoms with Gasteiger partial charge in [0, 0.05) is 0 Å². The minimum atomic E-state index is -1.78. The fourth-order valence-corrected chi connectivity index (χ4v) is 3.15. The molecule has 0 saturated carbocycles. The number of benzene rings is 1. The van der Waals surface area contributed by atoms with E-state index in [1.807, 2.05) is 37.3 Å². The van der Waals surface area contributed by atoms with Crippen molar-refractivity contribution in [2.45, 2.75) is 70.1 Å². The Labute approximate surface area is 147 Å². The molecule has 2 rings (SSSR count). The average molecular weight is 347 g/mol. The summed E-state index contributed by atoms with van der Waals surface area (Å²) in [5.41, 5.74) is -0.918. The van der Waals surface area contributed by atoms with Crippen molar-refractivity contribution in [2.75, 3.05) is 6.61 Å². The van der Waals surface area contributed by atoms with Crippen LogP contribution in [0.25, 0.3) is 0 Å². The Morgan fingerprint density at radius 2 is 1.79 bits per heavy atom. The molecule has 132 valence electrons. The van der Waals surface area contributed by atoms with Gasteiger partial charge in [-0.2, -0.15) is 0 Å². The Balaban J connectivity index is 1.99. The van der Waals surface area contributed by atoms with Gasteiger partial charge in [0.1, 0.15) is 11.7 Å². The summed E-state index contributed by atoms with van der Waals surface area (Å²) in [5.74, 6) is 6.08. The van der Waals surface area contributed by atoms with Crippen LogP contribution in [0.2, 0.25) is 18.1 Å². The summed E-state index contributed by atoms with van der Waals surface area (Å²) >= 11 is 0. The van der Waals surface area contributed by atoms with E-state index in [9.17, 15) is 5.11 Å². The molecule has 1 fully saturated rings. The molecule has 0 amide bonds. The van der Waals surface area contributed by atoms with E-state index in [1.165, 1.54) is 0 Å². The SMILES string of the molecule is CC(O)(C#C[C@@]1(C)O[C@H]1CO[Si](C)(C)C(C)(C)C)c1ccccc1. The van der Waals surface area contributed by atoms with E-state index in [0.29, 0.717) is 6.61 Å². The highest BCUT2D eigenvalue weighted by molar-refractivity contribution is 6.74. The summed E-state index contributed by atoms with van der Waals surface area (Å²) in [6, 6.07) is 9.48. The zero-order chi connectivity index (χ0) is 18.2. The van der Waals surface area contributed by atoms with Crippen molar-refractivity contribution in [2.24, 2.45) is 0 Å². The largest absolute Gasteiger partial charge is 0.414 e. The van der Waals surface area contributed by atoms with Crippen LogP contribution in [0.5, 0.6) is 0 Å². The first-order valence-electron chi connectivity index (χ1n) is 8.51. The second kappa shape index (κ2) is 6.31. The van der Waals surface area contributed by atoms with Gasteiger partial charge in [-0.05, 0) is 37.5 Å². The first-order chi connectivity index (χ1) is 10.9. The Hall–Kier alpha value is -1.12. The molecule has 0 aromatic heterocycles. The normalized spacial score (nSPS) is 26.2. The molecule has 1 aliphatic heterocycles. The van der Waals surface area contributed by atoms with Crippen LogP contribution >= 0.6 is 0 Å². The summed E-state index contributed by atoms with van der Waals surface area (Å²) in [6.45, 7) is 15.4. The quantitative estimate of drug-likeness (QED) is 0.507. The maximum atomic E-state index is 10.6. The molecule has 1 aromatic rings. The van der Waals surface area contributed by atoms with Gasteiger partial charge in [-0.3, -0.25) is 0 Å². The smallest absolute Gasteiger partial charge is 0.192 e. The molecule has 0 spiro atoms. The van der Waals surface area contributed by atoms with Crippen LogP contribution in [0, 0.1) is 11.8 Å². The van der Waals surface area contributed by atoms with Gasteiger partial charge in [-0.15, -0.1) is 0 Å². The fraction of sp³-hybridized carbons (Fsp3) is 0.600. The molecule has 4 heteroatoms. The topological polar surface area (TPSA) is 42.0 Å². The van der Waals surface area contributed by atoms with E-state index in [4.69, 9.17) is 9.16 Å². The van der Waals surface area contributed by atoms with E-state index in [1.54, 1.807) is 6.92 Å². The molecule has 1 heterocycles.